The van der Waals surface area contributed by atoms with Gasteiger partial charge in [-0.1, -0.05) is 0 Å². The van der Waals surface area contributed by atoms with E-state index in [0.717, 1.165) is 35.8 Å². The summed E-state index contributed by atoms with van der Waals surface area (Å²) < 4.78 is 0. The average Bonchev–Trinajstić information content (AvgIpc) is 2.14. The molecule has 92 valence electrons. The average molecular weight is 224 g/mol. The predicted octanol–water partition coefficient (Wildman–Crippen LogP) is 0.837. The first-order chi connectivity index (χ1) is 7.69. The van der Waals surface area contributed by atoms with Crippen LogP contribution in [-0.4, -0.2) is 13.1 Å². The van der Waals surface area contributed by atoms with E-state index >= 15 is 0 Å². The molecular formula is C14H28N2+2. The number of rotatable bonds is 4. The molecule has 0 aromatic heterocycles. The van der Waals surface area contributed by atoms with E-state index in [4.69, 9.17) is 0 Å². The van der Waals surface area contributed by atoms with Crippen molar-refractivity contribution in [3.63, 3.8) is 0 Å². The fraction of sp³-hybridized carbons (Fsp3) is 1.00. The topological polar surface area (TPSA) is 55.3 Å². The Bertz CT molecular complexity index is 236. The van der Waals surface area contributed by atoms with Gasteiger partial charge in [-0.15, -0.1) is 0 Å². The highest BCUT2D eigenvalue weighted by atomic mass is 14.7. The summed E-state index contributed by atoms with van der Waals surface area (Å²) in [4.78, 5) is 0. The van der Waals surface area contributed by atoms with Crippen LogP contribution >= 0.6 is 0 Å². The van der Waals surface area contributed by atoms with Crippen molar-refractivity contribution in [3.8, 4) is 0 Å². The highest BCUT2D eigenvalue weighted by Crippen LogP contribution is 2.67. The zero-order chi connectivity index (χ0) is 11.2. The Hall–Kier alpha value is -0.0800. The number of quaternary nitrogens is 2. The Balaban J connectivity index is 1.85. The van der Waals surface area contributed by atoms with Gasteiger partial charge in [-0.05, 0) is 61.2 Å². The van der Waals surface area contributed by atoms with Crippen LogP contribution in [0.5, 0.6) is 0 Å². The van der Waals surface area contributed by atoms with E-state index in [0.29, 0.717) is 0 Å². The third-order valence-corrected chi connectivity index (χ3v) is 5.72. The first-order valence-corrected chi connectivity index (χ1v) is 7.28. The van der Waals surface area contributed by atoms with Crippen LogP contribution in [0, 0.1) is 22.7 Å². The molecule has 0 heterocycles. The van der Waals surface area contributed by atoms with E-state index in [1.54, 1.807) is 6.42 Å². The molecule has 0 amide bonds. The Morgan fingerprint density at radius 1 is 0.812 bits per heavy atom. The van der Waals surface area contributed by atoms with Crippen LogP contribution in [-0.2, 0) is 0 Å². The number of hydrogen-bond acceptors (Lipinski definition) is 0. The van der Waals surface area contributed by atoms with Crippen molar-refractivity contribution in [2.24, 2.45) is 22.7 Å². The lowest BCUT2D eigenvalue weighted by atomic mass is 9.43. The van der Waals surface area contributed by atoms with Gasteiger partial charge in [0, 0.05) is 12.8 Å². The maximum absolute atomic E-state index is 4.12. The fourth-order valence-corrected chi connectivity index (χ4v) is 5.98. The Kier molecular flexibility index (Phi) is 2.56. The van der Waals surface area contributed by atoms with E-state index in [1.807, 2.05) is 0 Å². The van der Waals surface area contributed by atoms with Crippen LogP contribution in [0.2, 0.25) is 0 Å². The SMILES string of the molecule is [NH3+]CCC12CC3CC(C1)CC(CC[NH3+])(C3)C2. The van der Waals surface area contributed by atoms with Gasteiger partial charge >= 0.3 is 0 Å². The largest absolute Gasteiger partial charge is 0.358 e. The summed E-state index contributed by atoms with van der Waals surface area (Å²) in [5.41, 5.74) is 9.68. The van der Waals surface area contributed by atoms with Crippen LogP contribution in [0.3, 0.4) is 0 Å². The standard InChI is InChI=1S/C14H26N2/c15-3-1-13-6-11-5-12(7-13)9-14(8-11,10-13)2-4-16/h11-12H,1-10,15-16H2/p+2. The van der Waals surface area contributed by atoms with Crippen molar-refractivity contribution >= 4 is 0 Å². The monoisotopic (exact) mass is 224 g/mol. The Morgan fingerprint density at radius 2 is 1.25 bits per heavy atom. The van der Waals surface area contributed by atoms with Crippen molar-refractivity contribution in [3.05, 3.63) is 0 Å². The van der Waals surface area contributed by atoms with Crippen LogP contribution in [0.4, 0.5) is 0 Å². The predicted molar refractivity (Wildman–Crippen MR) is 64.3 cm³/mol. The molecule has 0 unspecified atom stereocenters. The van der Waals surface area contributed by atoms with E-state index in [9.17, 15) is 0 Å². The van der Waals surface area contributed by atoms with Crippen LogP contribution in [0.25, 0.3) is 0 Å². The normalized spacial score (nSPS) is 49.9. The minimum absolute atomic E-state index is 0.723. The van der Waals surface area contributed by atoms with Gasteiger partial charge in [0.05, 0.1) is 13.1 Å². The van der Waals surface area contributed by atoms with E-state index in [1.165, 1.54) is 44.9 Å². The zero-order valence-electron chi connectivity index (χ0n) is 10.6. The molecule has 0 aliphatic heterocycles. The molecular weight excluding hydrogens is 196 g/mol. The number of hydrogen-bond donors (Lipinski definition) is 2. The molecule has 0 radical (unpaired) electrons. The summed E-state index contributed by atoms with van der Waals surface area (Å²) in [6.45, 7) is 2.31. The molecule has 4 rings (SSSR count). The molecule has 4 fully saturated rings. The lowest BCUT2D eigenvalue weighted by Crippen LogP contribution is -2.59. The van der Waals surface area contributed by atoms with Gasteiger partial charge in [0.2, 0.25) is 0 Å². The molecule has 4 saturated carbocycles. The molecule has 16 heavy (non-hydrogen) atoms. The van der Waals surface area contributed by atoms with Crippen LogP contribution in [0.15, 0.2) is 0 Å². The highest BCUT2D eigenvalue weighted by Gasteiger charge is 2.56. The molecule has 0 atom stereocenters. The minimum atomic E-state index is 0.723. The lowest BCUT2D eigenvalue weighted by molar-refractivity contribution is -0.380. The molecule has 0 aromatic rings. The molecule has 6 N–H and O–H groups in total. The summed E-state index contributed by atoms with van der Waals surface area (Å²) in [5.74, 6) is 2.14. The minimum Gasteiger partial charge on any atom is -0.358 e. The maximum Gasteiger partial charge on any atom is 0.0745 e. The second-order valence-electron chi connectivity index (χ2n) is 7.17. The van der Waals surface area contributed by atoms with Crippen molar-refractivity contribution < 1.29 is 11.5 Å². The van der Waals surface area contributed by atoms with Gasteiger partial charge in [-0.2, -0.15) is 0 Å². The smallest absolute Gasteiger partial charge is 0.0745 e. The van der Waals surface area contributed by atoms with Crippen molar-refractivity contribution in [2.45, 2.75) is 51.4 Å². The summed E-state index contributed by atoms with van der Waals surface area (Å²) in [6, 6.07) is 0. The third kappa shape index (κ3) is 1.62. The maximum atomic E-state index is 4.12. The fourth-order valence-electron chi connectivity index (χ4n) is 5.98. The highest BCUT2D eigenvalue weighted by molar-refractivity contribution is 5.07. The molecule has 0 spiro atoms. The summed E-state index contributed by atoms with van der Waals surface area (Å²) >= 11 is 0. The van der Waals surface area contributed by atoms with E-state index < -0.39 is 0 Å². The third-order valence-electron chi connectivity index (χ3n) is 5.72. The lowest BCUT2D eigenvalue weighted by Gasteiger charge is -2.62. The zero-order valence-corrected chi connectivity index (χ0v) is 10.6. The Labute approximate surface area is 99.1 Å². The van der Waals surface area contributed by atoms with Gasteiger partial charge < -0.3 is 11.5 Å². The van der Waals surface area contributed by atoms with Gasteiger partial charge in [-0.25, -0.2) is 0 Å². The van der Waals surface area contributed by atoms with E-state index in [-0.39, 0.29) is 0 Å². The molecule has 4 bridgehead atoms. The quantitative estimate of drug-likeness (QED) is 0.711. The molecule has 0 aromatic carbocycles. The molecule has 0 saturated heterocycles. The molecule has 4 aliphatic rings. The van der Waals surface area contributed by atoms with E-state index in [2.05, 4.69) is 11.5 Å². The van der Waals surface area contributed by atoms with Gasteiger partial charge in [0.15, 0.2) is 0 Å². The summed E-state index contributed by atoms with van der Waals surface area (Å²) in [6.07, 6.45) is 12.0. The summed E-state index contributed by atoms with van der Waals surface area (Å²) in [5, 5.41) is 0. The van der Waals surface area contributed by atoms with Gasteiger partial charge in [0.1, 0.15) is 0 Å². The van der Waals surface area contributed by atoms with Gasteiger partial charge in [-0.3, -0.25) is 0 Å². The summed E-state index contributed by atoms with van der Waals surface area (Å²) in [7, 11) is 0. The van der Waals surface area contributed by atoms with Crippen molar-refractivity contribution in [1.82, 2.24) is 0 Å². The molecule has 4 aliphatic carbocycles. The second-order valence-corrected chi connectivity index (χ2v) is 7.17. The molecule has 2 heteroatoms. The van der Waals surface area contributed by atoms with Gasteiger partial charge in [0.25, 0.3) is 0 Å². The first kappa shape index (κ1) is 11.0. The second kappa shape index (κ2) is 3.71. The van der Waals surface area contributed by atoms with Crippen LogP contribution in [0.1, 0.15) is 51.4 Å². The van der Waals surface area contributed by atoms with Crippen molar-refractivity contribution in [2.75, 3.05) is 13.1 Å². The Morgan fingerprint density at radius 3 is 1.62 bits per heavy atom. The first-order valence-electron chi connectivity index (χ1n) is 7.28. The molecule has 2 nitrogen and oxygen atoms in total. The van der Waals surface area contributed by atoms with Crippen molar-refractivity contribution in [1.29, 1.82) is 0 Å². The van der Waals surface area contributed by atoms with Crippen LogP contribution < -0.4 is 11.5 Å².